The van der Waals surface area contributed by atoms with Gasteiger partial charge in [-0.25, -0.2) is 0 Å². The van der Waals surface area contributed by atoms with Crippen molar-refractivity contribution in [2.45, 2.75) is 13.0 Å². The highest BCUT2D eigenvalue weighted by molar-refractivity contribution is 5.94. The summed E-state index contributed by atoms with van der Waals surface area (Å²) in [5.74, 6) is 0.147. The predicted octanol–water partition coefficient (Wildman–Crippen LogP) is 0.971. The maximum absolute atomic E-state index is 12.6. The first kappa shape index (κ1) is 14.0. The van der Waals surface area contributed by atoms with Gasteiger partial charge in [-0.3, -0.25) is 4.79 Å². The van der Waals surface area contributed by atoms with Crippen molar-refractivity contribution in [3.05, 3.63) is 35.4 Å². The van der Waals surface area contributed by atoms with Crippen molar-refractivity contribution in [1.82, 2.24) is 15.1 Å². The van der Waals surface area contributed by atoms with Crippen molar-refractivity contribution in [3.8, 4) is 0 Å². The topological polar surface area (TPSA) is 35.6 Å². The van der Waals surface area contributed by atoms with Crippen LogP contribution in [0, 0.1) is 6.92 Å². The molecule has 1 unspecified atom stereocenters. The number of aryl methyl sites for hydroxylation is 1. The zero-order valence-electron chi connectivity index (χ0n) is 12.0. The molecule has 1 aliphatic rings. The van der Waals surface area contributed by atoms with Gasteiger partial charge >= 0.3 is 0 Å². The number of piperazine rings is 1. The summed E-state index contributed by atoms with van der Waals surface area (Å²) in [6.45, 7) is 5.54. The summed E-state index contributed by atoms with van der Waals surface area (Å²) in [5, 5.41) is 3.18. The van der Waals surface area contributed by atoms with E-state index < -0.39 is 0 Å². The lowest BCUT2D eigenvalue weighted by atomic mass is 10.1. The molecular weight excluding hydrogens is 238 g/mol. The fourth-order valence-corrected chi connectivity index (χ4v) is 2.55. The monoisotopic (exact) mass is 261 g/mol. The molecule has 1 atom stereocenters. The van der Waals surface area contributed by atoms with E-state index >= 15 is 0 Å². The number of hydrogen-bond donors (Lipinski definition) is 1. The first-order valence-corrected chi connectivity index (χ1v) is 6.82. The fraction of sp³-hybridized carbons (Fsp3) is 0.533. The molecule has 0 radical (unpaired) electrons. The van der Waals surface area contributed by atoms with Crippen LogP contribution in [0.2, 0.25) is 0 Å². The molecule has 1 aliphatic heterocycles. The van der Waals surface area contributed by atoms with Crippen LogP contribution >= 0.6 is 0 Å². The zero-order valence-corrected chi connectivity index (χ0v) is 12.0. The Bertz CT molecular complexity index is 430. The second-order valence-electron chi connectivity index (χ2n) is 5.34. The van der Waals surface area contributed by atoms with E-state index in [0.717, 1.165) is 31.7 Å². The van der Waals surface area contributed by atoms with Crippen molar-refractivity contribution in [1.29, 1.82) is 0 Å². The average molecular weight is 261 g/mol. The van der Waals surface area contributed by atoms with Crippen LogP contribution in [0.1, 0.15) is 15.9 Å². The smallest absolute Gasteiger partial charge is 0.254 e. The second-order valence-corrected chi connectivity index (χ2v) is 5.34. The Morgan fingerprint density at radius 3 is 2.63 bits per heavy atom. The van der Waals surface area contributed by atoms with Gasteiger partial charge in [-0.1, -0.05) is 17.7 Å². The van der Waals surface area contributed by atoms with Crippen LogP contribution in [0.15, 0.2) is 24.3 Å². The molecule has 0 bridgehead atoms. The number of hydrogen-bond acceptors (Lipinski definition) is 3. The molecule has 1 aromatic carbocycles. The summed E-state index contributed by atoms with van der Waals surface area (Å²) in [5.41, 5.74) is 1.97. The lowest BCUT2D eigenvalue weighted by Crippen LogP contribution is -2.57. The third-order valence-electron chi connectivity index (χ3n) is 3.68. The van der Waals surface area contributed by atoms with E-state index in [1.54, 1.807) is 0 Å². The highest BCUT2D eigenvalue weighted by Crippen LogP contribution is 2.14. The number of rotatable bonds is 3. The Morgan fingerprint density at radius 2 is 2.00 bits per heavy atom. The van der Waals surface area contributed by atoms with Gasteiger partial charge < -0.3 is 15.1 Å². The van der Waals surface area contributed by atoms with Crippen molar-refractivity contribution in [3.63, 3.8) is 0 Å². The fourth-order valence-electron chi connectivity index (χ4n) is 2.55. The van der Waals surface area contributed by atoms with Gasteiger partial charge in [0.1, 0.15) is 0 Å². The number of amides is 1. The second kappa shape index (κ2) is 6.17. The normalized spacial score (nSPS) is 20.6. The van der Waals surface area contributed by atoms with Gasteiger partial charge in [-0.05, 0) is 33.2 Å². The summed E-state index contributed by atoms with van der Waals surface area (Å²) >= 11 is 0. The minimum absolute atomic E-state index is 0.147. The van der Waals surface area contributed by atoms with Crippen LogP contribution < -0.4 is 5.32 Å². The van der Waals surface area contributed by atoms with Gasteiger partial charge in [0.25, 0.3) is 5.91 Å². The largest absolute Gasteiger partial charge is 0.332 e. The minimum Gasteiger partial charge on any atom is -0.332 e. The molecule has 104 valence electrons. The third kappa shape index (κ3) is 3.33. The molecule has 4 heteroatoms. The molecule has 0 aliphatic carbocycles. The third-order valence-corrected chi connectivity index (χ3v) is 3.68. The van der Waals surface area contributed by atoms with Gasteiger partial charge in [-0.15, -0.1) is 0 Å². The Morgan fingerprint density at radius 1 is 1.32 bits per heavy atom. The first-order valence-electron chi connectivity index (χ1n) is 6.82. The Hall–Kier alpha value is -1.39. The van der Waals surface area contributed by atoms with Gasteiger partial charge in [0.2, 0.25) is 0 Å². The highest BCUT2D eigenvalue weighted by atomic mass is 16.2. The van der Waals surface area contributed by atoms with E-state index in [-0.39, 0.29) is 11.9 Å². The quantitative estimate of drug-likeness (QED) is 0.881. The number of benzene rings is 1. The van der Waals surface area contributed by atoms with Crippen LogP contribution in [-0.4, -0.2) is 62.0 Å². The van der Waals surface area contributed by atoms with Crippen LogP contribution in [0.3, 0.4) is 0 Å². The Balaban J connectivity index is 2.13. The molecule has 1 fully saturated rings. The molecule has 1 amide bonds. The zero-order chi connectivity index (χ0) is 13.8. The maximum Gasteiger partial charge on any atom is 0.254 e. The average Bonchev–Trinajstić information content (AvgIpc) is 2.39. The predicted molar refractivity (Wildman–Crippen MR) is 77.4 cm³/mol. The number of carbonyl (C=O) groups is 1. The van der Waals surface area contributed by atoms with Gasteiger partial charge in [0.05, 0.1) is 6.04 Å². The Labute approximate surface area is 115 Å². The van der Waals surface area contributed by atoms with Crippen LogP contribution in [-0.2, 0) is 0 Å². The highest BCUT2D eigenvalue weighted by Gasteiger charge is 2.28. The van der Waals surface area contributed by atoms with Gasteiger partial charge in [-0.2, -0.15) is 0 Å². The molecular formula is C15H23N3O. The maximum atomic E-state index is 12.6. The van der Waals surface area contributed by atoms with E-state index in [1.165, 1.54) is 5.56 Å². The van der Waals surface area contributed by atoms with Crippen LogP contribution in [0.4, 0.5) is 0 Å². The van der Waals surface area contributed by atoms with Crippen molar-refractivity contribution >= 4 is 5.91 Å². The summed E-state index contributed by atoms with van der Waals surface area (Å²) in [7, 11) is 4.04. The summed E-state index contributed by atoms with van der Waals surface area (Å²) in [6, 6.07) is 8.09. The van der Waals surface area contributed by atoms with E-state index in [9.17, 15) is 4.79 Å². The lowest BCUT2D eigenvalue weighted by molar-refractivity contribution is 0.0504. The molecule has 1 N–H and O–H groups in total. The number of nitrogens with zero attached hydrogens (tertiary/aromatic N) is 2. The molecule has 0 spiro atoms. The molecule has 0 aromatic heterocycles. The number of carbonyl (C=O) groups excluding carboxylic acids is 1. The molecule has 0 saturated carbocycles. The van der Waals surface area contributed by atoms with E-state index in [1.807, 2.05) is 43.1 Å². The van der Waals surface area contributed by atoms with Crippen LogP contribution in [0.25, 0.3) is 0 Å². The summed E-state index contributed by atoms with van der Waals surface area (Å²) in [4.78, 5) is 16.9. The molecule has 1 aromatic rings. The van der Waals surface area contributed by atoms with E-state index in [2.05, 4.69) is 17.3 Å². The van der Waals surface area contributed by atoms with E-state index in [4.69, 9.17) is 0 Å². The minimum atomic E-state index is 0.147. The van der Waals surface area contributed by atoms with Gasteiger partial charge in [0.15, 0.2) is 0 Å². The Kier molecular flexibility index (Phi) is 4.56. The molecule has 1 heterocycles. The van der Waals surface area contributed by atoms with E-state index in [0.29, 0.717) is 0 Å². The number of likely N-dealkylation sites (N-methyl/N-ethyl adjacent to an activating group) is 2. The number of nitrogens with one attached hydrogen (secondary N) is 1. The lowest BCUT2D eigenvalue weighted by Gasteiger charge is -2.40. The molecule has 2 rings (SSSR count). The standard InChI is InChI=1S/C15H23N3O/c1-12-4-6-13(7-5-12)15(19)18-9-8-17(3)11-14(18)10-16-2/h4-7,14,16H,8-11H2,1-3H3. The van der Waals surface area contributed by atoms with Crippen LogP contribution in [0.5, 0.6) is 0 Å². The van der Waals surface area contributed by atoms with Gasteiger partial charge in [0, 0.05) is 31.7 Å². The first-order chi connectivity index (χ1) is 9.11. The van der Waals surface area contributed by atoms with Crippen molar-refractivity contribution in [2.75, 3.05) is 40.3 Å². The molecule has 4 nitrogen and oxygen atoms in total. The molecule has 1 saturated heterocycles. The molecule has 19 heavy (non-hydrogen) atoms. The SMILES string of the molecule is CNCC1CN(C)CCN1C(=O)c1ccc(C)cc1. The van der Waals surface area contributed by atoms with Crippen molar-refractivity contribution in [2.24, 2.45) is 0 Å². The summed E-state index contributed by atoms with van der Waals surface area (Å²) in [6.07, 6.45) is 0. The summed E-state index contributed by atoms with van der Waals surface area (Å²) < 4.78 is 0. The van der Waals surface area contributed by atoms with Crippen molar-refractivity contribution < 1.29 is 4.79 Å².